The Kier molecular flexibility index (Phi) is 5.78. The number of hydrogen-bond donors (Lipinski definition) is 3. The number of carbonyl (C=O) groups is 1. The maximum Gasteiger partial charge on any atom is 0.160 e. The van der Waals surface area contributed by atoms with Crippen LogP contribution in [0.25, 0.3) is 10.9 Å². The van der Waals surface area contributed by atoms with Crippen LogP contribution >= 0.6 is 15.9 Å². The van der Waals surface area contributed by atoms with Gasteiger partial charge in [0, 0.05) is 35.5 Å². The number of hydrogen-bond acceptors (Lipinski definition) is 4. The zero-order valence-electron chi connectivity index (χ0n) is 15.7. The number of aliphatic imine (C=N–C) groups is 1. The van der Waals surface area contributed by atoms with E-state index in [0.29, 0.717) is 16.8 Å². The molecule has 0 aliphatic rings. The number of nitrogens with zero attached hydrogens (tertiary/aromatic N) is 1. The lowest BCUT2D eigenvalue weighted by Crippen LogP contribution is -2.21. The Morgan fingerprint density at radius 2 is 1.97 bits per heavy atom. The number of furan rings is 1. The highest BCUT2D eigenvalue weighted by Crippen LogP contribution is 2.24. The van der Waals surface area contributed by atoms with Crippen molar-refractivity contribution in [3.8, 4) is 0 Å². The Morgan fingerprint density at radius 3 is 2.77 bits per heavy atom. The first-order chi connectivity index (χ1) is 14.5. The van der Waals surface area contributed by atoms with Gasteiger partial charge in [0.2, 0.25) is 0 Å². The molecule has 0 saturated heterocycles. The van der Waals surface area contributed by atoms with Crippen LogP contribution in [0.2, 0.25) is 0 Å². The molecule has 2 aromatic heterocycles. The van der Waals surface area contributed by atoms with Crippen molar-refractivity contribution in [3.63, 3.8) is 0 Å². The quantitative estimate of drug-likeness (QED) is 0.208. The molecule has 0 unspecified atom stereocenters. The van der Waals surface area contributed by atoms with Crippen molar-refractivity contribution in [1.29, 1.82) is 0 Å². The van der Waals surface area contributed by atoms with Gasteiger partial charge in [-0.3, -0.25) is 15.5 Å². The van der Waals surface area contributed by atoms with Gasteiger partial charge in [-0.05, 0) is 45.8 Å². The predicted molar refractivity (Wildman–Crippen MR) is 115 cm³/mol. The fourth-order valence-corrected chi connectivity index (χ4v) is 3.63. The van der Waals surface area contributed by atoms with Gasteiger partial charge in [0.1, 0.15) is 17.9 Å². The van der Waals surface area contributed by atoms with Crippen LogP contribution in [0.5, 0.6) is 0 Å². The third kappa shape index (κ3) is 4.19. The molecule has 152 valence electrons. The van der Waals surface area contributed by atoms with Crippen molar-refractivity contribution in [2.75, 3.05) is 0 Å². The average molecular weight is 470 g/mol. The topological polar surface area (TPSA) is 90.6 Å². The molecule has 0 atom stereocenters. The number of amidine groups is 1. The highest BCUT2D eigenvalue weighted by molar-refractivity contribution is 9.10. The number of aromatic nitrogens is 1. The van der Waals surface area contributed by atoms with E-state index in [-0.39, 0.29) is 28.9 Å². The second kappa shape index (κ2) is 8.64. The van der Waals surface area contributed by atoms with E-state index in [9.17, 15) is 14.4 Å². The van der Waals surface area contributed by atoms with Gasteiger partial charge < -0.3 is 9.40 Å². The largest absolute Gasteiger partial charge is 0.472 e. The van der Waals surface area contributed by atoms with E-state index in [1.807, 2.05) is 35.9 Å². The zero-order valence-corrected chi connectivity index (χ0v) is 17.2. The highest BCUT2D eigenvalue weighted by Gasteiger charge is 2.17. The van der Waals surface area contributed by atoms with Crippen LogP contribution in [0.3, 0.4) is 0 Å². The summed E-state index contributed by atoms with van der Waals surface area (Å²) in [5.41, 5.74) is 5.39. The number of benzene rings is 2. The number of H-pyrrole nitrogens is 1. The summed E-state index contributed by atoms with van der Waals surface area (Å²) in [7, 11) is 0. The molecule has 0 spiro atoms. The SMILES string of the molecule is O=C(Cc1cocc1C(=Nc1ccc(F)c(Br)c1)NO)Cc1c[nH]c2ccccc12. The predicted octanol–water partition coefficient (Wildman–Crippen LogP) is 5.07. The molecule has 2 aromatic carbocycles. The Morgan fingerprint density at radius 1 is 1.17 bits per heavy atom. The molecule has 0 amide bonds. The highest BCUT2D eigenvalue weighted by atomic mass is 79.9. The lowest BCUT2D eigenvalue weighted by molar-refractivity contribution is -0.117. The minimum absolute atomic E-state index is 0.00998. The Hall–Kier alpha value is -3.23. The molecule has 0 fully saturated rings. The third-order valence-electron chi connectivity index (χ3n) is 4.70. The molecular formula is C22H17BrFN3O3. The average Bonchev–Trinajstić information content (AvgIpc) is 3.36. The summed E-state index contributed by atoms with van der Waals surface area (Å²) in [6.45, 7) is 0. The number of halogens is 2. The van der Waals surface area contributed by atoms with Crippen LogP contribution in [-0.4, -0.2) is 21.8 Å². The first-order valence-electron chi connectivity index (χ1n) is 9.11. The lowest BCUT2D eigenvalue weighted by Gasteiger charge is -2.06. The van der Waals surface area contributed by atoms with E-state index in [1.165, 1.54) is 30.7 Å². The molecular weight excluding hydrogens is 453 g/mol. The standard InChI is InChI=1S/C22H17BrFN3O3/c23-19-9-15(5-6-20(19)24)26-22(27-29)18-12-30-11-14(18)8-16(28)7-13-10-25-21-4-2-1-3-17(13)21/h1-6,9-12,25,29H,7-8H2,(H,26,27). The van der Waals surface area contributed by atoms with E-state index in [0.717, 1.165) is 16.5 Å². The summed E-state index contributed by atoms with van der Waals surface area (Å²) >= 11 is 3.11. The van der Waals surface area contributed by atoms with Gasteiger partial charge >= 0.3 is 0 Å². The van der Waals surface area contributed by atoms with Gasteiger partial charge in [-0.15, -0.1) is 0 Å². The van der Waals surface area contributed by atoms with Crippen LogP contribution in [0.4, 0.5) is 10.1 Å². The number of nitrogens with one attached hydrogen (secondary N) is 2. The minimum Gasteiger partial charge on any atom is -0.472 e. The van der Waals surface area contributed by atoms with Gasteiger partial charge in [-0.1, -0.05) is 18.2 Å². The number of fused-ring (bicyclic) bond motifs is 1. The lowest BCUT2D eigenvalue weighted by atomic mass is 10.0. The summed E-state index contributed by atoms with van der Waals surface area (Å²) in [6.07, 6.45) is 5.07. The third-order valence-corrected chi connectivity index (χ3v) is 5.31. The summed E-state index contributed by atoms with van der Waals surface area (Å²) in [5.74, 6) is -0.333. The molecule has 0 bridgehead atoms. The van der Waals surface area contributed by atoms with Crippen molar-refractivity contribution in [2.45, 2.75) is 12.8 Å². The molecule has 30 heavy (non-hydrogen) atoms. The van der Waals surface area contributed by atoms with Gasteiger partial charge in [-0.25, -0.2) is 9.38 Å². The van der Waals surface area contributed by atoms with Crippen molar-refractivity contribution in [3.05, 3.63) is 88.2 Å². The monoisotopic (exact) mass is 469 g/mol. The van der Waals surface area contributed by atoms with Crippen molar-refractivity contribution in [1.82, 2.24) is 10.5 Å². The number of rotatable bonds is 6. The van der Waals surface area contributed by atoms with Crippen LogP contribution in [0, 0.1) is 5.82 Å². The van der Waals surface area contributed by atoms with Gasteiger partial charge in [0.05, 0.1) is 22.0 Å². The summed E-state index contributed by atoms with van der Waals surface area (Å²) in [4.78, 5) is 20.2. The zero-order chi connectivity index (χ0) is 21.1. The number of ketones is 1. The smallest absolute Gasteiger partial charge is 0.160 e. The molecule has 4 aromatic rings. The number of hydroxylamine groups is 1. The molecule has 6 nitrogen and oxygen atoms in total. The number of para-hydroxylation sites is 1. The maximum atomic E-state index is 13.4. The van der Waals surface area contributed by atoms with Crippen molar-refractivity contribution >= 4 is 44.1 Å². The number of Topliss-reactive ketones (excluding diaryl/α,β-unsaturated/α-hetero) is 1. The molecule has 0 aliphatic carbocycles. The summed E-state index contributed by atoms with van der Waals surface area (Å²) in [5, 5.41) is 10.6. The van der Waals surface area contributed by atoms with E-state index >= 15 is 0 Å². The van der Waals surface area contributed by atoms with E-state index in [4.69, 9.17) is 4.42 Å². The molecule has 4 rings (SSSR count). The van der Waals surface area contributed by atoms with E-state index in [2.05, 4.69) is 25.9 Å². The van der Waals surface area contributed by atoms with Crippen molar-refractivity contribution < 1.29 is 18.8 Å². The Labute approximate surface area is 179 Å². The Bertz CT molecular complexity index is 1250. The Balaban J connectivity index is 1.55. The molecule has 8 heteroatoms. The first-order valence-corrected chi connectivity index (χ1v) is 9.90. The summed E-state index contributed by atoms with van der Waals surface area (Å²) < 4.78 is 18.9. The minimum atomic E-state index is -0.417. The van der Waals surface area contributed by atoms with Gasteiger partial charge in [-0.2, -0.15) is 0 Å². The number of carbonyl (C=O) groups excluding carboxylic acids is 1. The van der Waals surface area contributed by atoms with Crippen LogP contribution in [0.1, 0.15) is 16.7 Å². The van der Waals surface area contributed by atoms with Crippen LogP contribution < -0.4 is 5.48 Å². The maximum absolute atomic E-state index is 13.4. The fourth-order valence-electron chi connectivity index (χ4n) is 3.26. The van der Waals surface area contributed by atoms with E-state index in [1.54, 1.807) is 0 Å². The normalized spacial score (nSPS) is 11.8. The molecule has 2 heterocycles. The molecule has 0 saturated carbocycles. The molecule has 0 aliphatic heterocycles. The van der Waals surface area contributed by atoms with Crippen molar-refractivity contribution in [2.24, 2.45) is 4.99 Å². The molecule has 3 N–H and O–H groups in total. The van der Waals surface area contributed by atoms with Crippen LogP contribution in [-0.2, 0) is 17.6 Å². The summed E-state index contributed by atoms with van der Waals surface area (Å²) in [6, 6.07) is 12.0. The van der Waals surface area contributed by atoms with E-state index < -0.39 is 5.82 Å². The van der Waals surface area contributed by atoms with Gasteiger partial charge in [0.15, 0.2) is 5.84 Å². The number of aromatic amines is 1. The second-order valence-electron chi connectivity index (χ2n) is 6.73. The fraction of sp³-hybridized carbons (Fsp3) is 0.0909. The van der Waals surface area contributed by atoms with Crippen LogP contribution in [0.15, 0.2) is 75.1 Å². The first kappa shape index (κ1) is 20.1. The van der Waals surface area contributed by atoms with Gasteiger partial charge in [0.25, 0.3) is 0 Å². The second-order valence-corrected chi connectivity index (χ2v) is 7.59. The molecule has 0 radical (unpaired) electrons.